The normalized spacial score (nSPS) is 15.1. The van der Waals surface area contributed by atoms with Crippen molar-refractivity contribution in [1.82, 2.24) is 4.57 Å². The van der Waals surface area contributed by atoms with E-state index in [0.29, 0.717) is 16.8 Å². The molecule has 9 nitrogen and oxygen atoms in total. The van der Waals surface area contributed by atoms with Crippen LogP contribution < -0.4 is 28.7 Å². The monoisotopic (exact) mass is 746 g/mol. The van der Waals surface area contributed by atoms with Crippen LogP contribution in [0.25, 0.3) is 33.1 Å². The minimum absolute atomic E-state index is 0.0451. The number of nitrogens with zero attached hydrogens (tertiary/aromatic N) is 3. The van der Waals surface area contributed by atoms with Gasteiger partial charge >= 0.3 is 251 Å². The quantitative estimate of drug-likeness (QED) is 0.128. The Morgan fingerprint density at radius 1 is 1.11 bits per heavy atom. The number of carboxylic acids is 1. The molecule has 238 valence electrons. The van der Waals surface area contributed by atoms with Crippen molar-refractivity contribution in [2.75, 3.05) is 17.2 Å². The minimum atomic E-state index is -4.14. The molecule has 0 atom stereocenters. The van der Waals surface area contributed by atoms with Crippen LogP contribution in [0.15, 0.2) is 70.1 Å². The number of aryl methyl sites for hydroxylation is 1. The second-order valence-corrected chi connectivity index (χ2v) is 16.4. The van der Waals surface area contributed by atoms with Crippen molar-refractivity contribution in [3.63, 3.8) is 0 Å². The molecule has 0 saturated heterocycles. The Morgan fingerprint density at radius 3 is 2.67 bits per heavy atom. The SMILES string of the molecule is CCn1c(=O)c(=CC=C2[Se]c3ccc(F)cc3N2CCCS(=O)(=O)O)s/c1=C/c1sc2c3ccccc3ccc2[n+]1CCC(=O)O. The third-order valence-corrected chi connectivity index (χ3v) is 13.0. The molecule has 0 amide bonds. The van der Waals surface area contributed by atoms with Crippen LogP contribution in [0.4, 0.5) is 10.1 Å². The zero-order valence-corrected chi connectivity index (χ0v) is 28.7. The Hall–Kier alpha value is -3.65. The van der Waals surface area contributed by atoms with Gasteiger partial charge in [0.05, 0.1) is 0 Å². The minimum Gasteiger partial charge on any atom is -0.481 e. The molecule has 6 rings (SSSR count). The number of anilines is 1. The van der Waals surface area contributed by atoms with Crippen molar-refractivity contribution in [3.8, 4) is 0 Å². The summed E-state index contributed by atoms with van der Waals surface area (Å²) < 4.78 is 53.7. The van der Waals surface area contributed by atoms with Crippen molar-refractivity contribution in [3.05, 3.63) is 95.6 Å². The van der Waals surface area contributed by atoms with E-state index in [1.807, 2.05) is 58.9 Å². The number of rotatable bonds is 10. The molecule has 0 unspecified atom stereocenters. The van der Waals surface area contributed by atoms with Gasteiger partial charge in [0.15, 0.2) is 0 Å². The summed E-state index contributed by atoms with van der Waals surface area (Å²) >= 11 is 2.69. The molecule has 0 spiro atoms. The van der Waals surface area contributed by atoms with Crippen molar-refractivity contribution < 1.29 is 31.8 Å². The first-order valence-corrected chi connectivity index (χ1v) is 19.4. The number of halogens is 1. The van der Waals surface area contributed by atoms with Crippen LogP contribution in [0.3, 0.4) is 0 Å². The fourth-order valence-corrected chi connectivity index (χ4v) is 10.5. The van der Waals surface area contributed by atoms with Crippen molar-refractivity contribution >= 4 is 97.0 Å². The summed E-state index contributed by atoms with van der Waals surface area (Å²) in [7, 11) is -4.14. The average Bonchev–Trinajstić information content (AvgIpc) is 3.64. The molecule has 3 aromatic carbocycles. The van der Waals surface area contributed by atoms with Gasteiger partial charge in [-0.25, -0.2) is 0 Å². The predicted molar refractivity (Wildman–Crippen MR) is 182 cm³/mol. The standard InChI is InChI=1S/C32H28FN3O6S3Se/c1-2-34-27(19-28-35(16-14-30(37)38)23-10-8-20-6-3-4-7-22(20)31(23)44-28)43-25(32(34)39)11-13-29-36(15-5-17-45(40,41)42)24-18-21(33)9-12-26(24)46-29/h3-4,6-13,18-19H,2,5,14-17H2,1H3,(H-,37,38,40,41,42)/p+1. The van der Waals surface area contributed by atoms with E-state index in [1.54, 1.807) is 28.0 Å². The number of fused-ring (bicyclic) bond motifs is 4. The summed E-state index contributed by atoms with van der Waals surface area (Å²) in [6.45, 7) is 2.87. The van der Waals surface area contributed by atoms with Gasteiger partial charge in [0.2, 0.25) is 0 Å². The van der Waals surface area contributed by atoms with E-state index in [-0.39, 0.29) is 46.4 Å². The Balaban J connectivity index is 1.44. The fourth-order valence-electron chi connectivity index (χ4n) is 5.42. The van der Waals surface area contributed by atoms with Gasteiger partial charge in [-0.2, -0.15) is 0 Å². The number of allylic oxidation sites excluding steroid dienone is 1. The fraction of sp³-hybridized carbons (Fsp3) is 0.219. The maximum atomic E-state index is 14.1. The maximum absolute atomic E-state index is 14.1. The predicted octanol–water partition coefficient (Wildman–Crippen LogP) is 2.78. The number of aromatic nitrogens is 2. The van der Waals surface area contributed by atoms with Crippen molar-refractivity contribution in [1.29, 1.82) is 0 Å². The summed E-state index contributed by atoms with van der Waals surface area (Å²) in [5, 5.41) is 12.5. The van der Waals surface area contributed by atoms with Crippen LogP contribution >= 0.6 is 22.7 Å². The van der Waals surface area contributed by atoms with Gasteiger partial charge in [-0.3, -0.25) is 4.79 Å². The van der Waals surface area contributed by atoms with Crippen molar-refractivity contribution in [2.24, 2.45) is 0 Å². The first-order valence-electron chi connectivity index (χ1n) is 14.4. The van der Waals surface area contributed by atoms with Gasteiger partial charge in [-0.05, 0) is 0 Å². The van der Waals surface area contributed by atoms with Crippen LogP contribution in [0, 0.1) is 5.82 Å². The third-order valence-electron chi connectivity index (χ3n) is 7.52. The Bertz CT molecular complexity index is 2330. The van der Waals surface area contributed by atoms with E-state index < -0.39 is 27.7 Å². The molecule has 0 radical (unpaired) electrons. The van der Waals surface area contributed by atoms with Crippen LogP contribution in [0.2, 0.25) is 0 Å². The zero-order chi connectivity index (χ0) is 32.6. The first kappa shape index (κ1) is 32.3. The number of hydrogen-bond donors (Lipinski definition) is 2. The Kier molecular flexibility index (Phi) is 9.28. The molecule has 0 saturated carbocycles. The van der Waals surface area contributed by atoms with E-state index in [9.17, 15) is 32.1 Å². The van der Waals surface area contributed by atoms with Crippen LogP contribution in [-0.4, -0.2) is 55.9 Å². The van der Waals surface area contributed by atoms with Gasteiger partial charge in [0, 0.05) is 0 Å². The number of benzene rings is 3. The summed E-state index contributed by atoms with van der Waals surface area (Å²) in [5.41, 5.74) is 1.43. The Labute approximate surface area is 277 Å². The number of thiazole rings is 2. The Morgan fingerprint density at radius 2 is 1.91 bits per heavy atom. The molecule has 2 aromatic heterocycles. The number of aliphatic carboxylic acids is 1. The van der Waals surface area contributed by atoms with Gasteiger partial charge in [-0.1, -0.05) is 18.2 Å². The second kappa shape index (κ2) is 13.2. The molecule has 46 heavy (non-hydrogen) atoms. The molecule has 0 aliphatic carbocycles. The van der Waals surface area contributed by atoms with E-state index in [4.69, 9.17) is 0 Å². The van der Waals surface area contributed by atoms with Gasteiger partial charge in [-0.15, -0.1) is 0 Å². The molecule has 2 N–H and O–H groups in total. The van der Waals surface area contributed by atoms with E-state index >= 15 is 0 Å². The zero-order valence-electron chi connectivity index (χ0n) is 24.6. The third kappa shape index (κ3) is 6.73. The summed E-state index contributed by atoms with van der Waals surface area (Å²) in [6.07, 6.45) is 5.64. The van der Waals surface area contributed by atoms with Crippen LogP contribution in [0.5, 0.6) is 0 Å². The van der Waals surface area contributed by atoms with Crippen molar-refractivity contribution in [2.45, 2.75) is 32.9 Å². The molecule has 0 bridgehead atoms. The summed E-state index contributed by atoms with van der Waals surface area (Å²) in [4.78, 5) is 26.9. The number of hydrogen-bond acceptors (Lipinski definition) is 7. The molecule has 5 aromatic rings. The van der Waals surface area contributed by atoms with Gasteiger partial charge < -0.3 is 5.11 Å². The molecule has 3 heterocycles. The molecule has 0 fully saturated rings. The van der Waals surface area contributed by atoms with E-state index in [1.165, 1.54) is 23.5 Å². The smallest absolute Gasteiger partial charge is 0.481 e. The topological polar surface area (TPSA) is 121 Å². The average molecular weight is 746 g/mol. The van der Waals surface area contributed by atoms with Gasteiger partial charge in [0.25, 0.3) is 0 Å². The molecule has 1 aliphatic rings. The van der Waals surface area contributed by atoms with Gasteiger partial charge in [0.1, 0.15) is 0 Å². The molecule has 1 aliphatic heterocycles. The van der Waals surface area contributed by atoms with Crippen LogP contribution in [-0.2, 0) is 28.0 Å². The number of carbonyl (C=O) groups is 1. The molecular formula is C32H29FN3O6S3Se+. The summed E-state index contributed by atoms with van der Waals surface area (Å²) in [5.74, 6) is -1.71. The van der Waals surface area contributed by atoms with E-state index in [2.05, 4.69) is 6.07 Å². The number of carboxylic acid groups (broad SMARTS) is 1. The van der Waals surface area contributed by atoms with Crippen LogP contribution in [0.1, 0.15) is 24.8 Å². The molecule has 14 heteroatoms. The first-order chi connectivity index (χ1) is 22.0. The summed E-state index contributed by atoms with van der Waals surface area (Å²) in [6, 6.07) is 16.6. The molecular weight excluding hydrogens is 717 g/mol. The van der Waals surface area contributed by atoms with E-state index in [0.717, 1.165) is 39.7 Å². The second-order valence-electron chi connectivity index (χ2n) is 10.5.